The molecule has 1 aromatic heterocycles. The van der Waals surface area contributed by atoms with Crippen molar-refractivity contribution in [1.82, 2.24) is 10.2 Å². The fourth-order valence-electron chi connectivity index (χ4n) is 1.68. The van der Waals surface area contributed by atoms with E-state index >= 15 is 0 Å². The van der Waals surface area contributed by atoms with Gasteiger partial charge in [-0.25, -0.2) is 0 Å². The molecule has 112 valence electrons. The van der Waals surface area contributed by atoms with E-state index in [4.69, 9.17) is 32.2 Å². The molecule has 8 heteroatoms. The topological polar surface area (TPSA) is 93.4 Å². The van der Waals surface area contributed by atoms with Gasteiger partial charge in [0.05, 0.1) is 17.3 Å². The van der Waals surface area contributed by atoms with Crippen molar-refractivity contribution in [2.45, 2.75) is 26.0 Å². The molecule has 2 unspecified atom stereocenters. The van der Waals surface area contributed by atoms with Gasteiger partial charge in [0.25, 0.3) is 0 Å². The van der Waals surface area contributed by atoms with Crippen LogP contribution in [0.15, 0.2) is 12.3 Å². The normalized spacial score (nSPS) is 13.8. The molecular weight excluding hydrogens is 305 g/mol. The number of nitrogens with zero attached hydrogens (tertiary/aromatic N) is 1. The summed E-state index contributed by atoms with van der Waals surface area (Å²) in [6.07, 6.45) is 0.979. The third-order valence-electron chi connectivity index (χ3n) is 2.61. The average molecular weight is 322 g/mol. The van der Waals surface area contributed by atoms with Gasteiger partial charge < -0.3 is 15.7 Å². The lowest BCUT2D eigenvalue weighted by molar-refractivity contribution is -0.221. The summed E-state index contributed by atoms with van der Waals surface area (Å²) in [5.41, 5.74) is 7.21. The highest BCUT2D eigenvalue weighted by atomic mass is 35.5. The van der Waals surface area contributed by atoms with Gasteiger partial charge >= 0.3 is 0 Å². The second-order valence-electron chi connectivity index (χ2n) is 4.44. The maximum Gasteiger partial charge on any atom is 0.195 e. The molecule has 0 radical (unpaired) electrons. The molecule has 0 aliphatic heterocycles. The Morgan fingerprint density at radius 3 is 2.80 bits per heavy atom. The molecule has 20 heavy (non-hydrogen) atoms. The Kier molecular flexibility index (Phi) is 6.04. The summed E-state index contributed by atoms with van der Waals surface area (Å²) in [5, 5.41) is 17.2. The first kappa shape index (κ1) is 17.0. The maximum absolute atomic E-state index is 9.16. The van der Waals surface area contributed by atoms with Crippen LogP contribution >= 0.6 is 24.0 Å². The van der Waals surface area contributed by atoms with Gasteiger partial charge in [-0.1, -0.05) is 11.6 Å². The molecule has 0 aliphatic rings. The van der Waals surface area contributed by atoms with Crippen molar-refractivity contribution in [3.63, 3.8) is 0 Å². The second-order valence-corrected chi connectivity index (χ2v) is 4.85. The van der Waals surface area contributed by atoms with Crippen LogP contribution in [0, 0.1) is 0 Å². The first-order valence-corrected chi connectivity index (χ1v) is 6.27. The fraction of sp³-hybridized carbons (Fsp3) is 0.417. The Morgan fingerprint density at radius 2 is 2.20 bits per heavy atom. The van der Waals surface area contributed by atoms with Crippen LogP contribution in [0.25, 0.3) is 10.9 Å². The third kappa shape index (κ3) is 3.53. The number of aliphatic hydroxyl groups is 1. The largest absolute Gasteiger partial charge is 0.391 e. The summed E-state index contributed by atoms with van der Waals surface area (Å²) < 4.78 is 0. The van der Waals surface area contributed by atoms with E-state index in [0.717, 1.165) is 5.39 Å². The van der Waals surface area contributed by atoms with Crippen molar-refractivity contribution in [2.24, 2.45) is 5.73 Å². The quantitative estimate of drug-likeness (QED) is 0.580. The van der Waals surface area contributed by atoms with E-state index in [0.29, 0.717) is 21.9 Å². The van der Waals surface area contributed by atoms with E-state index in [-0.39, 0.29) is 25.1 Å². The Bertz CT molecular complexity index is 572. The first-order valence-electron chi connectivity index (χ1n) is 5.89. The lowest BCUT2D eigenvalue weighted by Gasteiger charge is -2.14. The van der Waals surface area contributed by atoms with Gasteiger partial charge in [-0.3, -0.25) is 5.10 Å². The molecule has 0 saturated heterocycles. The lowest BCUT2D eigenvalue weighted by Crippen LogP contribution is -2.14. The van der Waals surface area contributed by atoms with E-state index in [2.05, 4.69) is 10.2 Å². The number of aromatic nitrogens is 2. The second kappa shape index (κ2) is 7.10. The highest BCUT2D eigenvalue weighted by Crippen LogP contribution is 2.36. The van der Waals surface area contributed by atoms with Crippen LogP contribution in [0.4, 0.5) is 0 Å². The minimum Gasteiger partial charge on any atom is -0.391 e. The highest BCUT2D eigenvalue weighted by molar-refractivity contribution is 6.35. The number of H-pyrrole nitrogens is 1. The average Bonchev–Trinajstić information content (AvgIpc) is 2.80. The van der Waals surface area contributed by atoms with Crippen LogP contribution in [0.3, 0.4) is 0 Å². The summed E-state index contributed by atoms with van der Waals surface area (Å²) in [5.74, 6) is 0.438. The van der Waals surface area contributed by atoms with E-state index < -0.39 is 6.10 Å². The number of nitrogens with two attached hydrogens (primary N) is 1. The summed E-state index contributed by atoms with van der Waals surface area (Å²) in [4.78, 5) is 10.3. The molecule has 0 spiro atoms. The number of rotatable bonds is 5. The van der Waals surface area contributed by atoms with Crippen molar-refractivity contribution in [1.29, 1.82) is 0 Å². The zero-order chi connectivity index (χ0) is 14.0. The Labute approximate surface area is 127 Å². The van der Waals surface area contributed by atoms with Gasteiger partial charge in [0.2, 0.25) is 0 Å². The maximum atomic E-state index is 9.16. The van der Waals surface area contributed by atoms with Gasteiger partial charge in [0.15, 0.2) is 5.75 Å². The number of halogens is 2. The van der Waals surface area contributed by atoms with Crippen LogP contribution in [0.1, 0.15) is 25.5 Å². The minimum absolute atomic E-state index is 0. The number of aromatic amines is 1. The first-order chi connectivity index (χ1) is 9.00. The molecule has 0 saturated carbocycles. The zero-order valence-corrected chi connectivity index (χ0v) is 12.7. The molecule has 2 rings (SSSR count). The molecule has 1 aromatic carbocycles. The SMILES string of the molecule is CC(O)COOc1c(C(C)N)cc(Cl)c2cn[nH]c12.Cl. The molecule has 0 bridgehead atoms. The molecule has 2 aromatic rings. The van der Waals surface area contributed by atoms with Crippen LogP contribution in [-0.2, 0) is 4.89 Å². The Morgan fingerprint density at radius 1 is 1.50 bits per heavy atom. The third-order valence-corrected chi connectivity index (χ3v) is 2.92. The van der Waals surface area contributed by atoms with E-state index in [1.807, 2.05) is 6.92 Å². The standard InChI is InChI=1S/C12H16ClN3O3.ClH/c1-6(17)5-18-19-12-8(7(2)14)3-10(13)9-4-15-16-11(9)12;/h3-4,6-7,17H,5,14H2,1-2H3,(H,15,16);1H. The predicted octanol–water partition coefficient (Wildman–Crippen LogP) is 2.35. The van der Waals surface area contributed by atoms with E-state index in [9.17, 15) is 0 Å². The van der Waals surface area contributed by atoms with Crippen LogP contribution in [0.5, 0.6) is 5.75 Å². The van der Waals surface area contributed by atoms with Gasteiger partial charge in [-0.15, -0.1) is 12.4 Å². The van der Waals surface area contributed by atoms with Crippen molar-refractivity contribution in [2.75, 3.05) is 6.61 Å². The van der Waals surface area contributed by atoms with Crippen molar-refractivity contribution >= 4 is 34.9 Å². The molecule has 0 aliphatic carbocycles. The molecule has 1 heterocycles. The number of nitrogens with one attached hydrogen (secondary N) is 1. The fourth-order valence-corrected chi connectivity index (χ4v) is 1.94. The summed E-state index contributed by atoms with van der Waals surface area (Å²) in [7, 11) is 0. The molecule has 6 nitrogen and oxygen atoms in total. The molecule has 2 atom stereocenters. The number of hydrogen-bond donors (Lipinski definition) is 3. The highest BCUT2D eigenvalue weighted by Gasteiger charge is 2.18. The lowest BCUT2D eigenvalue weighted by atomic mass is 10.1. The number of hydrogen-bond acceptors (Lipinski definition) is 5. The summed E-state index contributed by atoms with van der Waals surface area (Å²) in [6, 6.07) is 1.45. The van der Waals surface area contributed by atoms with Gasteiger partial charge in [0.1, 0.15) is 12.1 Å². The number of aliphatic hydroxyl groups excluding tert-OH is 1. The van der Waals surface area contributed by atoms with Crippen LogP contribution < -0.4 is 10.6 Å². The van der Waals surface area contributed by atoms with E-state index in [1.165, 1.54) is 0 Å². The van der Waals surface area contributed by atoms with Crippen LogP contribution in [-0.4, -0.2) is 28.0 Å². The van der Waals surface area contributed by atoms with Crippen molar-refractivity contribution in [3.05, 3.63) is 22.8 Å². The Hall–Kier alpha value is -1.05. The van der Waals surface area contributed by atoms with Crippen molar-refractivity contribution < 1.29 is 14.9 Å². The molecule has 0 amide bonds. The molecule has 0 fully saturated rings. The minimum atomic E-state index is -0.622. The zero-order valence-electron chi connectivity index (χ0n) is 11.1. The monoisotopic (exact) mass is 321 g/mol. The molecule has 4 N–H and O–H groups in total. The summed E-state index contributed by atoms with van der Waals surface area (Å²) in [6.45, 7) is 3.47. The Balaban J connectivity index is 0.00000200. The van der Waals surface area contributed by atoms with E-state index in [1.54, 1.807) is 19.2 Å². The smallest absolute Gasteiger partial charge is 0.195 e. The molecular formula is C12H17Cl2N3O3. The number of benzene rings is 1. The van der Waals surface area contributed by atoms with Gasteiger partial charge in [-0.05, 0) is 19.9 Å². The number of fused-ring (bicyclic) bond motifs is 1. The van der Waals surface area contributed by atoms with Crippen molar-refractivity contribution in [3.8, 4) is 5.75 Å². The van der Waals surface area contributed by atoms with Crippen LogP contribution in [0.2, 0.25) is 5.02 Å². The predicted molar refractivity (Wildman–Crippen MR) is 79.2 cm³/mol. The van der Waals surface area contributed by atoms with Gasteiger partial charge in [-0.2, -0.15) is 9.99 Å². The summed E-state index contributed by atoms with van der Waals surface area (Å²) >= 11 is 6.15. The van der Waals surface area contributed by atoms with Gasteiger partial charge in [0, 0.05) is 17.0 Å².